The summed E-state index contributed by atoms with van der Waals surface area (Å²) in [5, 5.41) is 0.902. The van der Waals surface area contributed by atoms with Gasteiger partial charge < -0.3 is 15.1 Å². The summed E-state index contributed by atoms with van der Waals surface area (Å²) in [6.45, 7) is 1.64. The fraction of sp³-hybridized carbons (Fsp3) is 0.438. The summed E-state index contributed by atoms with van der Waals surface area (Å²) in [4.78, 5) is 14.6. The van der Waals surface area contributed by atoms with Crippen LogP contribution in [-0.4, -0.2) is 29.9 Å². The lowest BCUT2D eigenvalue weighted by Gasteiger charge is -2.18. The van der Waals surface area contributed by atoms with Crippen LogP contribution in [0.1, 0.15) is 23.2 Å². The Kier molecular flexibility index (Phi) is 2.60. The van der Waals surface area contributed by atoms with Crippen molar-refractivity contribution in [3.8, 4) is 0 Å². The summed E-state index contributed by atoms with van der Waals surface area (Å²) in [6, 6.07) is 7.94. The Labute approximate surface area is 117 Å². The second-order valence-corrected chi connectivity index (χ2v) is 6.02. The van der Waals surface area contributed by atoms with Gasteiger partial charge in [0.1, 0.15) is 11.8 Å². The highest BCUT2D eigenvalue weighted by Crippen LogP contribution is 2.38. The van der Waals surface area contributed by atoms with E-state index in [-0.39, 0.29) is 11.9 Å². The van der Waals surface area contributed by atoms with E-state index < -0.39 is 0 Å². The number of hydrogen-bond acceptors (Lipinski definition) is 3. The molecule has 20 heavy (non-hydrogen) atoms. The minimum atomic E-state index is 0.0801. The maximum absolute atomic E-state index is 12.7. The summed E-state index contributed by atoms with van der Waals surface area (Å²) in [5.74, 6) is 1.15. The number of hydrogen-bond donors (Lipinski definition) is 1. The van der Waals surface area contributed by atoms with Gasteiger partial charge >= 0.3 is 0 Å². The zero-order valence-corrected chi connectivity index (χ0v) is 11.3. The number of furan rings is 1. The summed E-state index contributed by atoms with van der Waals surface area (Å²) in [6.07, 6.45) is 3.84. The van der Waals surface area contributed by atoms with Crippen LogP contribution >= 0.6 is 0 Å². The average molecular weight is 270 g/mol. The average Bonchev–Trinajstić information content (AvgIpc) is 3.14. The zero-order valence-electron chi connectivity index (χ0n) is 11.3. The van der Waals surface area contributed by atoms with Gasteiger partial charge in [0, 0.05) is 24.5 Å². The molecule has 4 heteroatoms. The third-order valence-electron chi connectivity index (χ3n) is 4.91. The van der Waals surface area contributed by atoms with Gasteiger partial charge in [-0.05, 0) is 30.7 Å². The minimum Gasteiger partial charge on any atom is -0.463 e. The Bertz CT molecular complexity index is 663. The van der Waals surface area contributed by atoms with Gasteiger partial charge in [0.05, 0.1) is 5.56 Å². The van der Waals surface area contributed by atoms with Crippen LogP contribution in [0.3, 0.4) is 0 Å². The van der Waals surface area contributed by atoms with Gasteiger partial charge in [0.2, 0.25) is 0 Å². The van der Waals surface area contributed by atoms with Crippen LogP contribution in [0.4, 0.5) is 0 Å². The molecule has 1 aliphatic heterocycles. The van der Waals surface area contributed by atoms with Crippen LogP contribution in [0.25, 0.3) is 11.0 Å². The summed E-state index contributed by atoms with van der Waals surface area (Å²) in [5.41, 5.74) is 7.58. The van der Waals surface area contributed by atoms with Crippen LogP contribution in [0.2, 0.25) is 0 Å². The van der Waals surface area contributed by atoms with Gasteiger partial charge in [-0.25, -0.2) is 0 Å². The van der Waals surface area contributed by atoms with Crippen LogP contribution in [0, 0.1) is 11.8 Å². The van der Waals surface area contributed by atoms with Gasteiger partial charge in [-0.3, -0.25) is 4.79 Å². The Morgan fingerprint density at radius 3 is 2.95 bits per heavy atom. The summed E-state index contributed by atoms with van der Waals surface area (Å²) in [7, 11) is 0. The van der Waals surface area contributed by atoms with Crippen molar-refractivity contribution in [1.82, 2.24) is 4.90 Å². The second-order valence-electron chi connectivity index (χ2n) is 6.02. The molecule has 1 aromatic carbocycles. The van der Waals surface area contributed by atoms with E-state index in [1.807, 2.05) is 29.2 Å². The Morgan fingerprint density at radius 1 is 1.25 bits per heavy atom. The summed E-state index contributed by atoms with van der Waals surface area (Å²) >= 11 is 0. The number of rotatable bonds is 1. The number of carbonyl (C=O) groups is 1. The molecule has 2 N–H and O–H groups in total. The van der Waals surface area contributed by atoms with E-state index in [1.54, 1.807) is 6.26 Å². The smallest absolute Gasteiger partial charge is 0.257 e. The van der Waals surface area contributed by atoms with Gasteiger partial charge in [-0.2, -0.15) is 0 Å². The standard InChI is InChI=1S/C16H18N2O2/c17-14-6-5-10-7-18(8-12(10)14)16(19)13-9-20-15-4-2-1-3-11(13)15/h1-4,9-10,12,14H,5-8,17H2. The number of benzene rings is 1. The quantitative estimate of drug-likeness (QED) is 0.864. The maximum atomic E-state index is 12.7. The van der Waals surface area contributed by atoms with Gasteiger partial charge in [0.25, 0.3) is 5.91 Å². The number of nitrogens with two attached hydrogens (primary N) is 1. The molecular formula is C16H18N2O2. The van der Waals surface area contributed by atoms with Crippen molar-refractivity contribution in [2.24, 2.45) is 17.6 Å². The molecule has 1 amide bonds. The Morgan fingerprint density at radius 2 is 2.10 bits per heavy atom. The highest BCUT2D eigenvalue weighted by Gasteiger charge is 2.42. The molecule has 4 rings (SSSR count). The molecule has 0 spiro atoms. The fourth-order valence-electron chi connectivity index (χ4n) is 3.79. The van der Waals surface area contributed by atoms with Crippen molar-refractivity contribution < 1.29 is 9.21 Å². The predicted octanol–water partition coefficient (Wildman–Crippen LogP) is 2.24. The molecule has 2 heterocycles. The van der Waals surface area contributed by atoms with E-state index in [1.165, 1.54) is 0 Å². The second kappa shape index (κ2) is 4.35. The number of likely N-dealkylation sites (tertiary alicyclic amines) is 1. The Hall–Kier alpha value is -1.81. The largest absolute Gasteiger partial charge is 0.463 e. The first-order valence-corrected chi connectivity index (χ1v) is 7.25. The van der Waals surface area contributed by atoms with E-state index >= 15 is 0 Å². The summed E-state index contributed by atoms with van der Waals surface area (Å²) < 4.78 is 5.47. The number of nitrogens with zero attached hydrogens (tertiary/aromatic N) is 1. The van der Waals surface area contributed by atoms with E-state index in [4.69, 9.17) is 10.2 Å². The van der Waals surface area contributed by atoms with Crippen LogP contribution in [0.15, 0.2) is 34.9 Å². The molecule has 104 valence electrons. The first kappa shape index (κ1) is 12.0. The molecule has 2 aromatic rings. The molecule has 3 unspecified atom stereocenters. The van der Waals surface area contributed by atoms with Crippen LogP contribution in [-0.2, 0) is 0 Å². The highest BCUT2D eigenvalue weighted by atomic mass is 16.3. The van der Waals surface area contributed by atoms with Crippen molar-refractivity contribution in [3.05, 3.63) is 36.1 Å². The first-order chi connectivity index (χ1) is 9.74. The van der Waals surface area contributed by atoms with E-state index in [0.29, 0.717) is 17.4 Å². The van der Waals surface area contributed by atoms with Crippen molar-refractivity contribution in [3.63, 3.8) is 0 Å². The van der Waals surface area contributed by atoms with E-state index in [2.05, 4.69) is 0 Å². The third kappa shape index (κ3) is 1.68. The van der Waals surface area contributed by atoms with Gasteiger partial charge in [-0.1, -0.05) is 18.2 Å². The van der Waals surface area contributed by atoms with Crippen molar-refractivity contribution in [2.45, 2.75) is 18.9 Å². The number of fused-ring (bicyclic) bond motifs is 2. The number of carbonyl (C=O) groups excluding carboxylic acids is 1. The lowest BCUT2D eigenvalue weighted by atomic mass is 9.98. The molecule has 4 nitrogen and oxygen atoms in total. The number of amides is 1. The van der Waals surface area contributed by atoms with Crippen molar-refractivity contribution >= 4 is 16.9 Å². The molecule has 0 radical (unpaired) electrons. The van der Waals surface area contributed by atoms with Gasteiger partial charge in [-0.15, -0.1) is 0 Å². The minimum absolute atomic E-state index is 0.0801. The van der Waals surface area contributed by atoms with E-state index in [9.17, 15) is 4.79 Å². The normalized spacial score (nSPS) is 29.1. The molecule has 0 bridgehead atoms. The molecule has 1 saturated heterocycles. The monoisotopic (exact) mass is 270 g/mol. The van der Waals surface area contributed by atoms with Crippen LogP contribution < -0.4 is 5.73 Å². The molecule has 2 fully saturated rings. The van der Waals surface area contributed by atoms with Crippen LogP contribution in [0.5, 0.6) is 0 Å². The zero-order chi connectivity index (χ0) is 13.7. The lowest BCUT2D eigenvalue weighted by Crippen LogP contribution is -2.33. The SMILES string of the molecule is NC1CCC2CN(C(=O)c3coc4ccccc34)CC12. The van der Waals surface area contributed by atoms with Crippen molar-refractivity contribution in [2.75, 3.05) is 13.1 Å². The number of para-hydroxylation sites is 1. The molecule has 1 saturated carbocycles. The topological polar surface area (TPSA) is 59.5 Å². The lowest BCUT2D eigenvalue weighted by molar-refractivity contribution is 0.0780. The molecule has 2 aliphatic rings. The Balaban J connectivity index is 1.62. The van der Waals surface area contributed by atoms with Crippen molar-refractivity contribution in [1.29, 1.82) is 0 Å². The maximum Gasteiger partial charge on any atom is 0.257 e. The molecule has 3 atom stereocenters. The van der Waals surface area contributed by atoms with E-state index in [0.717, 1.165) is 36.9 Å². The highest BCUT2D eigenvalue weighted by molar-refractivity contribution is 6.06. The molecule has 1 aromatic heterocycles. The first-order valence-electron chi connectivity index (χ1n) is 7.25. The molecule has 1 aliphatic carbocycles. The third-order valence-corrected chi connectivity index (χ3v) is 4.91. The predicted molar refractivity (Wildman–Crippen MR) is 76.3 cm³/mol. The van der Waals surface area contributed by atoms with Gasteiger partial charge in [0.15, 0.2) is 0 Å². The fourth-order valence-corrected chi connectivity index (χ4v) is 3.79. The molecular weight excluding hydrogens is 252 g/mol.